The van der Waals surface area contributed by atoms with E-state index in [0.29, 0.717) is 0 Å². The van der Waals surface area contributed by atoms with Crippen LogP contribution in [0.5, 0.6) is 0 Å². The molecular formula is C6H11N. The van der Waals surface area contributed by atoms with Crippen LogP contribution in [0.25, 0.3) is 0 Å². The second-order valence-corrected chi connectivity index (χ2v) is 1.24. The zero-order chi connectivity index (χ0) is 5.54. The van der Waals surface area contributed by atoms with Crippen molar-refractivity contribution in [3.8, 4) is 0 Å². The number of rotatable bonds is 3. The number of aliphatic imine (C=N–C) groups is 1. The maximum atomic E-state index is 3.97. The third kappa shape index (κ3) is 5.41. The lowest BCUT2D eigenvalue weighted by atomic mass is 10.4. The molecule has 0 saturated heterocycles. The summed E-state index contributed by atoms with van der Waals surface area (Å²) in [5.74, 6) is 0. The molecule has 0 rings (SSSR count). The molecule has 0 atom stereocenters. The molecule has 0 aromatic rings. The molecule has 0 aliphatic carbocycles. The molecule has 0 fully saturated rings. The summed E-state index contributed by atoms with van der Waals surface area (Å²) in [6.45, 7) is 6.37. The molecule has 0 N–H and O–H groups in total. The normalized spacial score (nSPS) is 9.86. The van der Waals surface area contributed by atoms with Crippen LogP contribution in [0.1, 0.15) is 13.3 Å². The zero-order valence-corrected chi connectivity index (χ0v) is 4.72. The molecular weight excluding hydrogens is 86.1 g/mol. The van der Waals surface area contributed by atoms with Gasteiger partial charge in [0, 0.05) is 6.54 Å². The van der Waals surface area contributed by atoms with Gasteiger partial charge in [-0.3, -0.25) is 4.99 Å². The minimum atomic E-state index is 0.889. The summed E-state index contributed by atoms with van der Waals surface area (Å²) in [6.07, 6.45) is 4.67. The van der Waals surface area contributed by atoms with Gasteiger partial charge in [-0.2, -0.15) is 0 Å². The Labute approximate surface area is 44.8 Å². The fourth-order valence-corrected chi connectivity index (χ4v) is 0.295. The molecule has 0 unspecified atom stereocenters. The second-order valence-electron chi connectivity index (χ2n) is 1.24. The van der Waals surface area contributed by atoms with Gasteiger partial charge in [-0.05, 0) is 19.6 Å². The molecule has 0 aliphatic heterocycles. The van der Waals surface area contributed by atoms with Crippen LogP contribution >= 0.6 is 0 Å². The smallest absolute Gasteiger partial charge is 0.0419 e. The van der Waals surface area contributed by atoms with Crippen molar-refractivity contribution in [2.75, 3.05) is 6.54 Å². The minimum absolute atomic E-state index is 0.889. The van der Waals surface area contributed by atoms with Gasteiger partial charge in [0.05, 0.1) is 0 Å². The summed E-state index contributed by atoms with van der Waals surface area (Å²) in [7, 11) is 0. The highest BCUT2D eigenvalue weighted by Gasteiger charge is 1.68. The van der Waals surface area contributed by atoms with E-state index in [1.54, 1.807) is 0 Å². The lowest BCUT2D eigenvalue weighted by Crippen LogP contribution is -1.73. The average molecular weight is 97.2 g/mol. The summed E-state index contributed by atoms with van der Waals surface area (Å²) in [5, 5.41) is 0. The quantitative estimate of drug-likeness (QED) is 0.288. The fraction of sp³-hybridized carbons (Fsp3) is 0.500. The minimum Gasteiger partial charge on any atom is -0.298 e. The predicted octanol–water partition coefficient (Wildman–Crippen LogP) is 1.65. The maximum absolute atomic E-state index is 3.97. The molecule has 0 aromatic heterocycles. The number of hydrogen-bond donors (Lipinski definition) is 0. The van der Waals surface area contributed by atoms with Crippen LogP contribution in [-0.4, -0.2) is 12.8 Å². The summed E-state index contributed by atoms with van der Waals surface area (Å²) in [5.41, 5.74) is 0. The first kappa shape index (κ1) is 6.41. The highest BCUT2D eigenvalue weighted by atomic mass is 14.7. The van der Waals surface area contributed by atoms with E-state index in [-0.39, 0.29) is 0 Å². The van der Waals surface area contributed by atoms with Crippen LogP contribution in [0.2, 0.25) is 0 Å². The van der Waals surface area contributed by atoms with Gasteiger partial charge in [-0.25, -0.2) is 0 Å². The molecule has 1 nitrogen and oxygen atoms in total. The molecule has 1 heteroatoms. The molecule has 7 heavy (non-hydrogen) atoms. The van der Waals surface area contributed by atoms with Gasteiger partial charge < -0.3 is 0 Å². The first-order valence-electron chi connectivity index (χ1n) is 2.47. The first-order valence-corrected chi connectivity index (χ1v) is 2.47. The molecule has 0 amide bonds. The first-order chi connectivity index (χ1) is 3.41. The van der Waals surface area contributed by atoms with Crippen LogP contribution in [-0.2, 0) is 0 Å². The van der Waals surface area contributed by atoms with Crippen LogP contribution in [0.3, 0.4) is 0 Å². The van der Waals surface area contributed by atoms with Gasteiger partial charge >= 0.3 is 0 Å². The van der Waals surface area contributed by atoms with Crippen molar-refractivity contribution in [2.45, 2.75) is 13.3 Å². The van der Waals surface area contributed by atoms with Crippen molar-refractivity contribution in [3.63, 3.8) is 0 Å². The summed E-state index contributed by atoms with van der Waals surface area (Å²) < 4.78 is 0. The molecule has 0 aromatic carbocycles. The topological polar surface area (TPSA) is 12.4 Å². The zero-order valence-electron chi connectivity index (χ0n) is 4.72. The summed E-state index contributed by atoms with van der Waals surface area (Å²) >= 11 is 0. The van der Waals surface area contributed by atoms with Gasteiger partial charge in [0.2, 0.25) is 0 Å². The summed E-state index contributed by atoms with van der Waals surface area (Å²) in [4.78, 5) is 3.97. The van der Waals surface area contributed by atoms with Crippen LogP contribution < -0.4 is 0 Å². The standard InChI is InChI=1S/C6H11N/c1-3-5-6-7-4-2/h3-4H,1,5-6H2,2H3. The Morgan fingerprint density at radius 1 is 1.71 bits per heavy atom. The van der Waals surface area contributed by atoms with Gasteiger partial charge in [0.25, 0.3) is 0 Å². The van der Waals surface area contributed by atoms with Gasteiger partial charge in [0.15, 0.2) is 0 Å². The van der Waals surface area contributed by atoms with E-state index in [0.717, 1.165) is 13.0 Å². The van der Waals surface area contributed by atoms with Crippen LogP contribution in [0.15, 0.2) is 17.6 Å². The van der Waals surface area contributed by atoms with Crippen molar-refractivity contribution in [2.24, 2.45) is 4.99 Å². The molecule has 0 heterocycles. The molecule has 0 aliphatic rings. The second kappa shape index (κ2) is 5.41. The molecule has 0 bridgehead atoms. The Hall–Kier alpha value is -0.590. The SMILES string of the molecule is C=CCCN=CC. The third-order valence-corrected chi connectivity index (χ3v) is 0.645. The van der Waals surface area contributed by atoms with Gasteiger partial charge in [-0.15, -0.1) is 6.58 Å². The van der Waals surface area contributed by atoms with Crippen LogP contribution in [0, 0.1) is 0 Å². The maximum Gasteiger partial charge on any atom is 0.0419 e. The third-order valence-electron chi connectivity index (χ3n) is 0.645. The Kier molecular flexibility index (Phi) is 4.95. The highest BCUT2D eigenvalue weighted by Crippen LogP contribution is 1.77. The van der Waals surface area contributed by atoms with Crippen molar-refractivity contribution in [1.82, 2.24) is 0 Å². The highest BCUT2D eigenvalue weighted by molar-refractivity contribution is 5.53. The Morgan fingerprint density at radius 2 is 2.43 bits per heavy atom. The van der Waals surface area contributed by atoms with E-state index < -0.39 is 0 Å². The Morgan fingerprint density at radius 3 is 2.86 bits per heavy atom. The van der Waals surface area contributed by atoms with E-state index in [9.17, 15) is 0 Å². The molecule has 0 spiro atoms. The van der Waals surface area contributed by atoms with E-state index in [1.807, 2.05) is 19.2 Å². The van der Waals surface area contributed by atoms with E-state index in [2.05, 4.69) is 11.6 Å². The largest absolute Gasteiger partial charge is 0.298 e. The molecule has 0 saturated carbocycles. The number of nitrogens with zero attached hydrogens (tertiary/aromatic N) is 1. The lowest BCUT2D eigenvalue weighted by Gasteiger charge is -1.80. The fourth-order valence-electron chi connectivity index (χ4n) is 0.295. The van der Waals surface area contributed by atoms with Gasteiger partial charge in [-0.1, -0.05) is 6.08 Å². The summed E-state index contributed by atoms with van der Waals surface area (Å²) in [6, 6.07) is 0. The lowest BCUT2D eigenvalue weighted by molar-refractivity contribution is 1.01. The molecule has 0 radical (unpaired) electrons. The van der Waals surface area contributed by atoms with Crippen molar-refractivity contribution >= 4 is 6.21 Å². The van der Waals surface area contributed by atoms with Gasteiger partial charge in [0.1, 0.15) is 0 Å². The van der Waals surface area contributed by atoms with E-state index in [4.69, 9.17) is 0 Å². The van der Waals surface area contributed by atoms with Crippen LogP contribution in [0.4, 0.5) is 0 Å². The average Bonchev–Trinajstić information content (AvgIpc) is 1.69. The Bertz CT molecular complexity index is 64.6. The molecule has 40 valence electrons. The predicted molar refractivity (Wildman–Crippen MR) is 33.8 cm³/mol. The van der Waals surface area contributed by atoms with E-state index in [1.165, 1.54) is 0 Å². The van der Waals surface area contributed by atoms with E-state index >= 15 is 0 Å². The van der Waals surface area contributed by atoms with Crippen molar-refractivity contribution < 1.29 is 0 Å². The van der Waals surface area contributed by atoms with Crippen molar-refractivity contribution in [3.05, 3.63) is 12.7 Å². The number of hydrogen-bond acceptors (Lipinski definition) is 1. The Balaban J connectivity index is 2.82. The van der Waals surface area contributed by atoms with Crippen molar-refractivity contribution in [1.29, 1.82) is 0 Å². The monoisotopic (exact) mass is 97.1 g/mol.